The van der Waals surface area contributed by atoms with Crippen molar-refractivity contribution in [1.82, 2.24) is 5.32 Å². The molecule has 0 aliphatic heterocycles. The first-order valence-corrected chi connectivity index (χ1v) is 7.20. The van der Waals surface area contributed by atoms with Gasteiger partial charge in [-0.05, 0) is 40.8 Å². The van der Waals surface area contributed by atoms with Crippen LogP contribution in [0.1, 0.15) is 18.4 Å². The number of hydrogen-bond acceptors (Lipinski definition) is 3. The number of hydrogen-bond donors (Lipinski definition) is 1. The van der Waals surface area contributed by atoms with Gasteiger partial charge in [0.25, 0.3) is 0 Å². The van der Waals surface area contributed by atoms with Gasteiger partial charge in [-0.25, -0.2) is 0 Å². The number of methoxy groups -OCH3 is 1. The fourth-order valence-corrected chi connectivity index (χ4v) is 2.26. The van der Waals surface area contributed by atoms with Gasteiger partial charge < -0.3 is 14.8 Å². The van der Waals surface area contributed by atoms with Gasteiger partial charge in [0.05, 0.1) is 17.7 Å². The highest BCUT2D eigenvalue weighted by molar-refractivity contribution is 9.10. The molecule has 0 aromatic heterocycles. The molecule has 0 heterocycles. The summed E-state index contributed by atoms with van der Waals surface area (Å²) in [6.07, 6.45) is 2.62. The summed E-state index contributed by atoms with van der Waals surface area (Å²) in [5, 5.41) is 3.35. The number of nitrogens with one attached hydrogen (secondary N) is 1. The normalized spacial score (nSPS) is 14.8. The Morgan fingerprint density at radius 2 is 2.22 bits per heavy atom. The van der Waals surface area contributed by atoms with E-state index in [2.05, 4.69) is 27.3 Å². The largest absolute Gasteiger partial charge is 0.492 e. The van der Waals surface area contributed by atoms with Gasteiger partial charge in [-0.15, -0.1) is 0 Å². The smallest absolute Gasteiger partial charge is 0.137 e. The first kappa shape index (κ1) is 13.8. The van der Waals surface area contributed by atoms with Crippen molar-refractivity contribution in [1.29, 1.82) is 0 Å². The molecule has 0 unspecified atom stereocenters. The van der Waals surface area contributed by atoms with E-state index in [0.717, 1.165) is 42.4 Å². The number of para-hydroxylation sites is 1. The molecule has 0 bridgehead atoms. The van der Waals surface area contributed by atoms with E-state index in [1.165, 1.54) is 18.4 Å². The Hall–Kier alpha value is -0.580. The summed E-state index contributed by atoms with van der Waals surface area (Å²) in [6, 6.07) is 6.18. The van der Waals surface area contributed by atoms with Crippen molar-refractivity contribution in [3.05, 3.63) is 28.2 Å². The number of benzene rings is 1. The van der Waals surface area contributed by atoms with Gasteiger partial charge >= 0.3 is 0 Å². The Labute approximate surface area is 117 Å². The fraction of sp³-hybridized carbons (Fsp3) is 0.571. The third kappa shape index (κ3) is 4.26. The Morgan fingerprint density at radius 1 is 1.39 bits per heavy atom. The lowest BCUT2D eigenvalue weighted by Gasteiger charge is -2.13. The molecule has 1 aromatic rings. The Balaban J connectivity index is 1.91. The maximum absolute atomic E-state index is 5.93. The SMILES string of the molecule is COCCNCc1cccc(Br)c1OCC1CC1. The molecule has 1 aliphatic carbocycles. The molecule has 0 amide bonds. The average molecular weight is 314 g/mol. The van der Waals surface area contributed by atoms with E-state index in [-0.39, 0.29) is 0 Å². The number of rotatable bonds is 8. The molecular formula is C14H20BrNO2. The first-order chi connectivity index (χ1) is 8.81. The molecule has 1 aromatic carbocycles. The van der Waals surface area contributed by atoms with Crippen LogP contribution in [0.15, 0.2) is 22.7 Å². The number of ether oxygens (including phenoxy) is 2. The molecule has 100 valence electrons. The van der Waals surface area contributed by atoms with Gasteiger partial charge in [-0.3, -0.25) is 0 Å². The zero-order valence-corrected chi connectivity index (χ0v) is 12.3. The minimum absolute atomic E-state index is 0.728. The fourth-order valence-electron chi connectivity index (χ4n) is 1.74. The maximum Gasteiger partial charge on any atom is 0.137 e. The summed E-state index contributed by atoms with van der Waals surface area (Å²) in [5.41, 5.74) is 1.20. The van der Waals surface area contributed by atoms with Crippen LogP contribution in [0, 0.1) is 5.92 Å². The summed E-state index contributed by atoms with van der Waals surface area (Å²) in [4.78, 5) is 0. The average Bonchev–Trinajstić information content (AvgIpc) is 3.18. The molecule has 2 rings (SSSR count). The second-order valence-corrected chi connectivity index (χ2v) is 5.51. The van der Waals surface area contributed by atoms with Gasteiger partial charge in [0.2, 0.25) is 0 Å². The predicted octanol–water partition coefficient (Wildman–Crippen LogP) is 2.97. The van der Waals surface area contributed by atoms with E-state index < -0.39 is 0 Å². The monoisotopic (exact) mass is 313 g/mol. The van der Waals surface area contributed by atoms with Crippen molar-refractivity contribution in [2.75, 3.05) is 26.9 Å². The topological polar surface area (TPSA) is 30.5 Å². The van der Waals surface area contributed by atoms with Crippen LogP contribution >= 0.6 is 15.9 Å². The minimum Gasteiger partial charge on any atom is -0.492 e. The Bertz CT molecular complexity index is 380. The van der Waals surface area contributed by atoms with Crippen molar-refractivity contribution in [2.24, 2.45) is 5.92 Å². The minimum atomic E-state index is 0.728. The van der Waals surface area contributed by atoms with Crippen molar-refractivity contribution < 1.29 is 9.47 Å². The highest BCUT2D eigenvalue weighted by Crippen LogP contribution is 2.33. The molecule has 4 heteroatoms. The van der Waals surface area contributed by atoms with Crippen LogP contribution in [-0.2, 0) is 11.3 Å². The summed E-state index contributed by atoms with van der Waals surface area (Å²) >= 11 is 3.56. The van der Waals surface area contributed by atoms with Gasteiger partial charge in [0, 0.05) is 25.8 Å². The van der Waals surface area contributed by atoms with Gasteiger partial charge in [-0.1, -0.05) is 12.1 Å². The molecule has 0 spiro atoms. The zero-order chi connectivity index (χ0) is 12.8. The Kier molecular flexibility index (Phi) is 5.47. The highest BCUT2D eigenvalue weighted by Gasteiger charge is 2.22. The lowest BCUT2D eigenvalue weighted by atomic mass is 10.2. The molecular weight excluding hydrogens is 294 g/mol. The summed E-state index contributed by atoms with van der Waals surface area (Å²) in [7, 11) is 1.71. The molecule has 1 saturated carbocycles. The van der Waals surface area contributed by atoms with Crippen LogP contribution < -0.4 is 10.1 Å². The highest BCUT2D eigenvalue weighted by atomic mass is 79.9. The van der Waals surface area contributed by atoms with Gasteiger partial charge in [-0.2, -0.15) is 0 Å². The van der Waals surface area contributed by atoms with Crippen LogP contribution in [0.2, 0.25) is 0 Å². The quantitative estimate of drug-likeness (QED) is 0.748. The van der Waals surface area contributed by atoms with Crippen molar-refractivity contribution in [2.45, 2.75) is 19.4 Å². The van der Waals surface area contributed by atoms with E-state index in [9.17, 15) is 0 Å². The van der Waals surface area contributed by atoms with Crippen LogP contribution in [0.4, 0.5) is 0 Å². The second kappa shape index (κ2) is 7.12. The summed E-state index contributed by atoms with van der Waals surface area (Å²) in [5.74, 6) is 1.75. The molecule has 18 heavy (non-hydrogen) atoms. The standard InChI is InChI=1S/C14H20BrNO2/c1-17-8-7-16-9-12-3-2-4-13(15)14(12)18-10-11-5-6-11/h2-4,11,16H,5-10H2,1H3. The van der Waals surface area contributed by atoms with E-state index in [0.29, 0.717) is 0 Å². The van der Waals surface area contributed by atoms with Gasteiger partial charge in [0.1, 0.15) is 5.75 Å². The predicted molar refractivity (Wildman–Crippen MR) is 75.9 cm³/mol. The Morgan fingerprint density at radius 3 is 2.94 bits per heavy atom. The van der Waals surface area contributed by atoms with E-state index >= 15 is 0 Å². The lowest BCUT2D eigenvalue weighted by molar-refractivity contribution is 0.199. The molecule has 0 radical (unpaired) electrons. The molecule has 1 N–H and O–H groups in total. The summed E-state index contributed by atoms with van der Waals surface area (Å²) in [6.45, 7) is 3.23. The molecule has 3 nitrogen and oxygen atoms in total. The molecule has 1 aliphatic rings. The molecule has 1 fully saturated rings. The van der Waals surface area contributed by atoms with Crippen molar-refractivity contribution in [3.8, 4) is 5.75 Å². The second-order valence-electron chi connectivity index (χ2n) is 4.65. The summed E-state index contributed by atoms with van der Waals surface area (Å²) < 4.78 is 12.0. The van der Waals surface area contributed by atoms with Crippen LogP contribution in [0.25, 0.3) is 0 Å². The van der Waals surface area contributed by atoms with E-state index in [1.54, 1.807) is 7.11 Å². The maximum atomic E-state index is 5.93. The van der Waals surface area contributed by atoms with E-state index in [4.69, 9.17) is 9.47 Å². The third-order valence-electron chi connectivity index (χ3n) is 3.01. The molecule has 0 saturated heterocycles. The van der Waals surface area contributed by atoms with Gasteiger partial charge in [0.15, 0.2) is 0 Å². The zero-order valence-electron chi connectivity index (χ0n) is 10.7. The molecule has 0 atom stereocenters. The van der Waals surface area contributed by atoms with Crippen molar-refractivity contribution >= 4 is 15.9 Å². The lowest BCUT2D eigenvalue weighted by Crippen LogP contribution is -2.19. The van der Waals surface area contributed by atoms with Crippen LogP contribution in [-0.4, -0.2) is 26.9 Å². The van der Waals surface area contributed by atoms with E-state index in [1.807, 2.05) is 12.1 Å². The first-order valence-electron chi connectivity index (χ1n) is 6.41. The third-order valence-corrected chi connectivity index (χ3v) is 3.63. The number of halogens is 1. The van der Waals surface area contributed by atoms with Crippen LogP contribution in [0.3, 0.4) is 0 Å². The van der Waals surface area contributed by atoms with Crippen molar-refractivity contribution in [3.63, 3.8) is 0 Å². The van der Waals surface area contributed by atoms with Crippen LogP contribution in [0.5, 0.6) is 5.75 Å².